The van der Waals surface area contributed by atoms with E-state index in [1.54, 1.807) is 12.1 Å². The van der Waals surface area contributed by atoms with Gasteiger partial charge in [0.05, 0.1) is 31.1 Å². The number of rotatable bonds is 3. The summed E-state index contributed by atoms with van der Waals surface area (Å²) in [6.07, 6.45) is -1.73. The summed E-state index contributed by atoms with van der Waals surface area (Å²) in [5.41, 5.74) is 0.796. The fourth-order valence-corrected chi connectivity index (χ4v) is 2.63. The maximum absolute atomic E-state index is 14.3. The maximum atomic E-state index is 14.3. The van der Waals surface area contributed by atoms with Crippen LogP contribution in [0.4, 0.5) is 20.6 Å². The van der Waals surface area contributed by atoms with Crippen molar-refractivity contribution in [2.75, 3.05) is 42.6 Å². The normalized spacial score (nSPS) is 21.9. The van der Waals surface area contributed by atoms with Crippen LogP contribution in [0.2, 0.25) is 0 Å². The Labute approximate surface area is 131 Å². The van der Waals surface area contributed by atoms with Crippen LogP contribution in [0.15, 0.2) is 18.2 Å². The van der Waals surface area contributed by atoms with Gasteiger partial charge >= 0.3 is 6.09 Å². The Hall–Kier alpha value is -1.86. The number of benzene rings is 1. The van der Waals surface area contributed by atoms with Gasteiger partial charge in [-0.15, -0.1) is 0 Å². The molecule has 2 aliphatic heterocycles. The lowest BCUT2D eigenvalue weighted by molar-refractivity contribution is -0.117. The summed E-state index contributed by atoms with van der Waals surface area (Å²) in [5, 5.41) is -0.749. The zero-order valence-electron chi connectivity index (χ0n) is 11.6. The number of carbonyl (C=O) groups excluding carboxylic acids is 2. The Kier molecular flexibility index (Phi) is 4.17. The van der Waals surface area contributed by atoms with Gasteiger partial charge < -0.3 is 14.4 Å². The molecule has 1 aromatic rings. The summed E-state index contributed by atoms with van der Waals surface area (Å²) in [6.45, 7) is 2.32. The fourth-order valence-electron chi connectivity index (χ4n) is 2.52. The molecule has 1 atom stereocenters. The average molecular weight is 329 g/mol. The maximum Gasteiger partial charge on any atom is 0.415 e. The average Bonchev–Trinajstić information content (AvgIpc) is 2.90. The highest BCUT2D eigenvalue weighted by molar-refractivity contribution is 6.64. The smallest absolute Gasteiger partial charge is 0.415 e. The number of carbonyl (C=O) groups is 2. The monoisotopic (exact) mass is 328 g/mol. The van der Waals surface area contributed by atoms with E-state index in [1.807, 2.05) is 4.90 Å². The van der Waals surface area contributed by atoms with Crippen molar-refractivity contribution in [3.05, 3.63) is 24.0 Å². The lowest BCUT2D eigenvalue weighted by Gasteiger charge is -2.29. The van der Waals surface area contributed by atoms with Gasteiger partial charge in [0.1, 0.15) is 5.82 Å². The molecule has 118 valence electrons. The van der Waals surface area contributed by atoms with Crippen molar-refractivity contribution in [2.45, 2.75) is 6.10 Å². The molecular formula is C14H14ClFN2O4. The van der Waals surface area contributed by atoms with Crippen molar-refractivity contribution < 1.29 is 23.5 Å². The summed E-state index contributed by atoms with van der Waals surface area (Å²) in [7, 11) is 0. The molecule has 2 heterocycles. The molecule has 22 heavy (non-hydrogen) atoms. The van der Waals surface area contributed by atoms with Crippen LogP contribution < -0.4 is 9.80 Å². The molecule has 2 saturated heterocycles. The molecule has 0 spiro atoms. The number of amides is 1. The zero-order valence-corrected chi connectivity index (χ0v) is 12.4. The summed E-state index contributed by atoms with van der Waals surface area (Å²) in [5.74, 6) is -0.437. The van der Waals surface area contributed by atoms with Crippen LogP contribution in [-0.2, 0) is 14.3 Å². The predicted molar refractivity (Wildman–Crippen MR) is 77.9 cm³/mol. The van der Waals surface area contributed by atoms with E-state index < -0.39 is 23.3 Å². The molecule has 0 aliphatic carbocycles. The second-order valence-corrected chi connectivity index (χ2v) is 5.39. The van der Waals surface area contributed by atoms with Gasteiger partial charge in [0.25, 0.3) is 5.24 Å². The Morgan fingerprint density at radius 2 is 2.05 bits per heavy atom. The van der Waals surface area contributed by atoms with E-state index in [1.165, 1.54) is 11.0 Å². The fraction of sp³-hybridized carbons (Fsp3) is 0.429. The molecule has 0 saturated carbocycles. The predicted octanol–water partition coefficient (Wildman–Crippen LogP) is 1.75. The van der Waals surface area contributed by atoms with Crippen molar-refractivity contribution in [1.29, 1.82) is 0 Å². The molecule has 6 nitrogen and oxygen atoms in total. The zero-order chi connectivity index (χ0) is 15.7. The number of hydrogen-bond donors (Lipinski definition) is 0. The number of ether oxygens (including phenoxy) is 2. The molecule has 0 radical (unpaired) electrons. The van der Waals surface area contributed by atoms with Crippen molar-refractivity contribution in [3.63, 3.8) is 0 Å². The number of hydrogen-bond acceptors (Lipinski definition) is 5. The topological polar surface area (TPSA) is 59.1 Å². The minimum atomic E-state index is -1.02. The van der Waals surface area contributed by atoms with Crippen LogP contribution >= 0.6 is 11.6 Å². The minimum absolute atomic E-state index is 0.0164. The third-order valence-corrected chi connectivity index (χ3v) is 3.90. The van der Waals surface area contributed by atoms with E-state index in [2.05, 4.69) is 0 Å². The van der Waals surface area contributed by atoms with Crippen molar-refractivity contribution in [1.82, 2.24) is 0 Å². The quantitative estimate of drug-likeness (QED) is 0.791. The highest BCUT2D eigenvalue weighted by Crippen LogP contribution is 2.28. The van der Waals surface area contributed by atoms with E-state index in [0.717, 1.165) is 0 Å². The van der Waals surface area contributed by atoms with E-state index >= 15 is 0 Å². The van der Waals surface area contributed by atoms with Gasteiger partial charge in [0.2, 0.25) is 0 Å². The largest absolute Gasteiger partial charge is 0.434 e. The van der Waals surface area contributed by atoms with Gasteiger partial charge in [-0.1, -0.05) is 0 Å². The number of anilines is 2. The van der Waals surface area contributed by atoms with E-state index in [9.17, 15) is 14.0 Å². The van der Waals surface area contributed by atoms with Gasteiger partial charge in [-0.2, -0.15) is 0 Å². The second-order valence-electron chi connectivity index (χ2n) is 5.02. The first kappa shape index (κ1) is 15.1. The molecule has 2 aliphatic rings. The van der Waals surface area contributed by atoms with E-state index in [4.69, 9.17) is 21.1 Å². The van der Waals surface area contributed by atoms with Gasteiger partial charge in [0.15, 0.2) is 6.10 Å². The van der Waals surface area contributed by atoms with Crippen molar-refractivity contribution >= 4 is 34.3 Å². The molecule has 0 bridgehead atoms. The standard InChI is InChI=1S/C14H14ClFN2O4/c15-13(19)12-8-18(14(20)22-12)9-1-2-11(10(16)7-9)17-3-5-21-6-4-17/h1-2,7,12H,3-6,8H2/t12-/m1/s1. The Bertz CT molecular complexity index is 607. The third kappa shape index (κ3) is 2.86. The van der Waals surface area contributed by atoms with Crippen LogP contribution in [0.3, 0.4) is 0 Å². The van der Waals surface area contributed by atoms with Crippen LogP contribution in [0, 0.1) is 5.82 Å². The summed E-state index contributed by atoms with van der Waals surface area (Å²) in [6, 6.07) is 4.49. The summed E-state index contributed by atoms with van der Waals surface area (Å²) in [4.78, 5) is 25.9. The van der Waals surface area contributed by atoms with Crippen LogP contribution in [0.25, 0.3) is 0 Å². The highest BCUT2D eigenvalue weighted by atomic mass is 35.5. The molecule has 0 unspecified atom stereocenters. The van der Waals surface area contributed by atoms with Crippen LogP contribution in [0.5, 0.6) is 0 Å². The Morgan fingerprint density at radius 3 is 2.64 bits per heavy atom. The molecule has 2 fully saturated rings. The van der Waals surface area contributed by atoms with Crippen LogP contribution in [-0.4, -0.2) is 50.3 Å². The molecule has 3 rings (SSSR count). The Morgan fingerprint density at radius 1 is 1.32 bits per heavy atom. The van der Waals surface area contributed by atoms with Crippen molar-refractivity contribution in [3.8, 4) is 0 Å². The van der Waals surface area contributed by atoms with Gasteiger partial charge in [-0.25, -0.2) is 9.18 Å². The lowest BCUT2D eigenvalue weighted by atomic mass is 10.2. The third-order valence-electron chi connectivity index (χ3n) is 3.66. The highest BCUT2D eigenvalue weighted by Gasteiger charge is 2.36. The van der Waals surface area contributed by atoms with Gasteiger partial charge in [-0.3, -0.25) is 9.69 Å². The number of halogens is 2. The second kappa shape index (κ2) is 6.10. The minimum Gasteiger partial charge on any atom is -0.434 e. The Balaban J connectivity index is 1.80. The van der Waals surface area contributed by atoms with Crippen LogP contribution in [0.1, 0.15) is 0 Å². The number of nitrogens with zero attached hydrogens (tertiary/aromatic N) is 2. The molecule has 1 aromatic carbocycles. The van der Waals surface area contributed by atoms with Gasteiger partial charge in [-0.05, 0) is 29.8 Å². The first-order valence-corrected chi connectivity index (χ1v) is 7.24. The molecule has 0 aromatic heterocycles. The first-order valence-electron chi connectivity index (χ1n) is 6.86. The number of morpholine rings is 1. The SMILES string of the molecule is O=C(Cl)[C@H]1CN(c2ccc(N3CCOCC3)c(F)c2)C(=O)O1. The van der Waals surface area contributed by atoms with Crippen molar-refractivity contribution in [2.24, 2.45) is 0 Å². The van der Waals surface area contributed by atoms with E-state index in [-0.39, 0.29) is 6.54 Å². The molecule has 0 N–H and O–H groups in total. The summed E-state index contributed by atoms with van der Waals surface area (Å²) < 4.78 is 24.4. The number of cyclic esters (lactones) is 1. The molecule has 8 heteroatoms. The first-order chi connectivity index (χ1) is 10.6. The van der Waals surface area contributed by atoms with E-state index in [0.29, 0.717) is 37.7 Å². The molecule has 1 amide bonds. The lowest BCUT2D eigenvalue weighted by Crippen LogP contribution is -2.36. The molecular weight excluding hydrogens is 315 g/mol. The summed E-state index contributed by atoms with van der Waals surface area (Å²) >= 11 is 5.32. The van der Waals surface area contributed by atoms with Gasteiger partial charge in [0, 0.05) is 13.1 Å².